The summed E-state index contributed by atoms with van der Waals surface area (Å²) in [5.74, 6) is 0.105. The van der Waals surface area contributed by atoms with E-state index >= 15 is 0 Å². The number of hydrogen-bond acceptors (Lipinski definition) is 4. The third-order valence-corrected chi connectivity index (χ3v) is 6.30. The van der Waals surface area contributed by atoms with Crippen LogP contribution < -0.4 is 4.74 Å². The number of halogens is 2. The number of benzene rings is 2. The number of carbonyl (C=O) groups is 1. The van der Waals surface area contributed by atoms with Crippen LogP contribution in [-0.4, -0.2) is 35.0 Å². The fraction of sp³-hybridized carbons (Fsp3) is 0.300. The second-order valence-electron chi connectivity index (χ2n) is 6.53. The summed E-state index contributed by atoms with van der Waals surface area (Å²) in [5, 5.41) is 1.91. The van der Waals surface area contributed by atoms with Gasteiger partial charge in [-0.05, 0) is 23.8 Å². The first-order valence-corrected chi connectivity index (χ1v) is 10.4. The van der Waals surface area contributed by atoms with Crippen molar-refractivity contribution in [1.82, 2.24) is 9.88 Å². The molecule has 0 atom stereocenters. The topological polar surface area (TPSA) is 42.4 Å². The average molecular weight is 421 g/mol. The molecule has 7 heteroatoms. The molecule has 0 spiro atoms. The van der Waals surface area contributed by atoms with Gasteiger partial charge in [-0.15, -0.1) is 0 Å². The van der Waals surface area contributed by atoms with Crippen LogP contribution in [0, 0.1) is 0 Å². The molecular formula is C20H18Cl2N2O2S. The molecule has 27 heavy (non-hydrogen) atoms. The van der Waals surface area contributed by atoms with E-state index in [4.69, 9.17) is 27.9 Å². The molecule has 4 rings (SSSR count). The van der Waals surface area contributed by atoms with Gasteiger partial charge in [-0.2, -0.15) is 0 Å². The summed E-state index contributed by atoms with van der Waals surface area (Å²) in [6.45, 7) is 1.36. The SMILES string of the molecule is O=C(Cc1ccccc1Cl)N1CCC(Oc2nc3c(Cl)cccc3s2)CC1. The molecule has 0 unspecified atom stereocenters. The van der Waals surface area contributed by atoms with Crippen LogP contribution in [0.15, 0.2) is 42.5 Å². The van der Waals surface area contributed by atoms with Gasteiger partial charge in [-0.3, -0.25) is 4.79 Å². The van der Waals surface area contributed by atoms with E-state index < -0.39 is 0 Å². The number of nitrogens with zero attached hydrogens (tertiary/aromatic N) is 2. The van der Waals surface area contributed by atoms with Crippen LogP contribution in [0.5, 0.6) is 5.19 Å². The Morgan fingerprint density at radius 3 is 2.59 bits per heavy atom. The molecule has 1 aliphatic rings. The molecule has 1 aliphatic heterocycles. The lowest BCUT2D eigenvalue weighted by Gasteiger charge is -2.31. The number of ether oxygens (including phenoxy) is 1. The van der Waals surface area contributed by atoms with E-state index in [9.17, 15) is 4.79 Å². The zero-order valence-corrected chi connectivity index (χ0v) is 16.9. The fourth-order valence-corrected chi connectivity index (χ4v) is 4.61. The molecule has 0 aliphatic carbocycles. The van der Waals surface area contributed by atoms with Crippen molar-refractivity contribution in [2.24, 2.45) is 0 Å². The summed E-state index contributed by atoms with van der Waals surface area (Å²) >= 11 is 13.8. The Morgan fingerprint density at radius 1 is 1.11 bits per heavy atom. The Bertz CT molecular complexity index is 968. The van der Waals surface area contributed by atoms with Gasteiger partial charge in [-0.1, -0.05) is 58.8 Å². The minimum Gasteiger partial charge on any atom is -0.467 e. The monoisotopic (exact) mass is 420 g/mol. The highest BCUT2D eigenvalue weighted by molar-refractivity contribution is 7.20. The van der Waals surface area contributed by atoms with Gasteiger partial charge < -0.3 is 9.64 Å². The van der Waals surface area contributed by atoms with Gasteiger partial charge in [-0.25, -0.2) is 4.98 Å². The lowest BCUT2D eigenvalue weighted by Crippen LogP contribution is -2.42. The van der Waals surface area contributed by atoms with E-state index in [1.165, 1.54) is 11.3 Å². The molecule has 1 saturated heterocycles. The van der Waals surface area contributed by atoms with E-state index in [1.54, 1.807) is 0 Å². The minimum atomic E-state index is 0.0636. The second kappa shape index (κ2) is 8.05. The minimum absolute atomic E-state index is 0.0636. The standard InChI is InChI=1S/C20H18Cl2N2O2S/c21-15-5-2-1-4-13(15)12-18(25)24-10-8-14(9-11-24)26-20-23-19-16(22)6-3-7-17(19)27-20/h1-7,14H,8-12H2. The molecule has 0 bridgehead atoms. The van der Waals surface area contributed by atoms with Gasteiger partial charge in [0.1, 0.15) is 11.6 Å². The van der Waals surface area contributed by atoms with Gasteiger partial charge in [0.15, 0.2) is 0 Å². The summed E-state index contributed by atoms with van der Waals surface area (Å²) in [4.78, 5) is 18.9. The summed E-state index contributed by atoms with van der Waals surface area (Å²) in [6.07, 6.45) is 1.98. The number of amides is 1. The van der Waals surface area contributed by atoms with Crippen LogP contribution in [-0.2, 0) is 11.2 Å². The highest BCUT2D eigenvalue weighted by Gasteiger charge is 2.25. The summed E-state index contributed by atoms with van der Waals surface area (Å²) in [5.41, 5.74) is 1.65. The van der Waals surface area contributed by atoms with Crippen molar-refractivity contribution in [3.8, 4) is 5.19 Å². The highest BCUT2D eigenvalue weighted by Crippen LogP contribution is 2.33. The van der Waals surface area contributed by atoms with Crippen LogP contribution in [0.4, 0.5) is 0 Å². The molecule has 0 N–H and O–H groups in total. The Labute approximate surface area is 171 Å². The Hall–Kier alpha value is -1.82. The number of carbonyl (C=O) groups excluding carboxylic acids is 1. The lowest BCUT2D eigenvalue weighted by atomic mass is 10.1. The second-order valence-corrected chi connectivity index (χ2v) is 8.34. The quantitative estimate of drug-likeness (QED) is 0.581. The predicted octanol–water partition coefficient (Wildman–Crippen LogP) is 5.22. The largest absolute Gasteiger partial charge is 0.467 e. The Kier molecular flexibility index (Phi) is 5.53. The molecular weight excluding hydrogens is 403 g/mol. The van der Waals surface area contributed by atoms with Crippen molar-refractivity contribution in [3.63, 3.8) is 0 Å². The number of rotatable bonds is 4. The predicted molar refractivity (Wildman–Crippen MR) is 110 cm³/mol. The maximum atomic E-state index is 12.5. The maximum absolute atomic E-state index is 12.5. The zero-order valence-electron chi connectivity index (χ0n) is 14.5. The van der Waals surface area contributed by atoms with Crippen LogP contribution >= 0.6 is 34.5 Å². The zero-order chi connectivity index (χ0) is 18.8. The lowest BCUT2D eigenvalue weighted by molar-refractivity contribution is -0.132. The summed E-state index contributed by atoms with van der Waals surface area (Å²) in [7, 11) is 0. The van der Waals surface area contributed by atoms with Crippen LogP contribution in [0.3, 0.4) is 0 Å². The number of piperidine rings is 1. The number of likely N-dealkylation sites (tertiary alicyclic amines) is 1. The number of thiazole rings is 1. The third kappa shape index (κ3) is 4.21. The Morgan fingerprint density at radius 2 is 1.85 bits per heavy atom. The molecule has 1 fully saturated rings. The van der Waals surface area contributed by atoms with Crippen molar-refractivity contribution in [1.29, 1.82) is 0 Å². The summed E-state index contributed by atoms with van der Waals surface area (Å²) in [6, 6.07) is 13.2. The molecule has 0 radical (unpaired) electrons. The van der Waals surface area contributed by atoms with Crippen LogP contribution in [0.2, 0.25) is 10.0 Å². The van der Waals surface area contributed by atoms with E-state index in [1.807, 2.05) is 47.4 Å². The molecule has 4 nitrogen and oxygen atoms in total. The van der Waals surface area contributed by atoms with E-state index in [0.29, 0.717) is 34.7 Å². The first-order chi connectivity index (χ1) is 13.1. The number of para-hydroxylation sites is 1. The Balaban J connectivity index is 1.33. The van der Waals surface area contributed by atoms with Gasteiger partial charge in [0.2, 0.25) is 5.91 Å². The molecule has 2 aromatic carbocycles. The number of fused-ring (bicyclic) bond motifs is 1. The van der Waals surface area contributed by atoms with Crippen LogP contribution in [0.25, 0.3) is 10.2 Å². The van der Waals surface area contributed by atoms with Gasteiger partial charge in [0, 0.05) is 31.0 Å². The summed E-state index contributed by atoms with van der Waals surface area (Å²) < 4.78 is 7.07. The maximum Gasteiger partial charge on any atom is 0.274 e. The van der Waals surface area contributed by atoms with E-state index in [0.717, 1.165) is 28.6 Å². The number of aromatic nitrogens is 1. The van der Waals surface area contributed by atoms with Crippen molar-refractivity contribution in [3.05, 3.63) is 58.1 Å². The molecule has 140 valence electrons. The third-order valence-electron chi connectivity index (χ3n) is 4.71. The van der Waals surface area contributed by atoms with Gasteiger partial charge >= 0.3 is 0 Å². The normalized spacial score (nSPS) is 15.3. The van der Waals surface area contributed by atoms with E-state index in [2.05, 4.69) is 4.98 Å². The van der Waals surface area contributed by atoms with E-state index in [-0.39, 0.29) is 12.0 Å². The number of hydrogen-bond donors (Lipinski definition) is 0. The molecule has 1 aromatic heterocycles. The van der Waals surface area contributed by atoms with Crippen molar-refractivity contribution >= 4 is 50.7 Å². The molecule has 3 aromatic rings. The van der Waals surface area contributed by atoms with Gasteiger partial charge in [0.05, 0.1) is 16.1 Å². The fourth-order valence-electron chi connectivity index (χ4n) is 3.23. The smallest absolute Gasteiger partial charge is 0.274 e. The first kappa shape index (κ1) is 18.5. The first-order valence-electron chi connectivity index (χ1n) is 8.83. The average Bonchev–Trinajstić information content (AvgIpc) is 3.08. The van der Waals surface area contributed by atoms with Crippen molar-refractivity contribution in [2.45, 2.75) is 25.4 Å². The molecule has 1 amide bonds. The van der Waals surface area contributed by atoms with Crippen molar-refractivity contribution in [2.75, 3.05) is 13.1 Å². The molecule has 2 heterocycles. The molecule has 0 saturated carbocycles. The highest BCUT2D eigenvalue weighted by atomic mass is 35.5. The van der Waals surface area contributed by atoms with Gasteiger partial charge in [0.25, 0.3) is 5.19 Å². The van der Waals surface area contributed by atoms with Crippen LogP contribution in [0.1, 0.15) is 18.4 Å². The van der Waals surface area contributed by atoms with Crippen molar-refractivity contribution < 1.29 is 9.53 Å².